The first kappa shape index (κ1) is 16.9. The van der Waals surface area contributed by atoms with Gasteiger partial charge in [-0.1, -0.05) is 24.3 Å². The number of aromatic amines is 1. The molecular formula is C17H14N2O5S. The first-order valence-electron chi connectivity index (χ1n) is 7.31. The van der Waals surface area contributed by atoms with E-state index in [2.05, 4.69) is 9.71 Å². The van der Waals surface area contributed by atoms with Crippen LogP contribution < -0.4 is 10.3 Å². The molecule has 0 amide bonds. The van der Waals surface area contributed by atoms with Crippen LogP contribution in [0.5, 0.6) is 0 Å². The summed E-state index contributed by atoms with van der Waals surface area (Å²) in [5.41, 5.74) is 0.400. The van der Waals surface area contributed by atoms with Crippen molar-refractivity contribution in [1.82, 2.24) is 9.71 Å². The number of aromatic nitrogens is 1. The van der Waals surface area contributed by atoms with Crippen molar-refractivity contribution in [2.45, 2.75) is 11.4 Å². The van der Waals surface area contributed by atoms with Gasteiger partial charge in [0.15, 0.2) is 0 Å². The zero-order valence-corrected chi connectivity index (χ0v) is 13.7. The lowest BCUT2D eigenvalue weighted by Crippen LogP contribution is -2.27. The summed E-state index contributed by atoms with van der Waals surface area (Å²) in [6.07, 6.45) is 0. The molecule has 0 aliphatic rings. The Morgan fingerprint density at radius 2 is 1.84 bits per heavy atom. The third-order valence-corrected chi connectivity index (χ3v) is 5.07. The van der Waals surface area contributed by atoms with Crippen molar-refractivity contribution in [3.63, 3.8) is 0 Å². The third kappa shape index (κ3) is 3.59. The number of hydrogen-bond acceptors (Lipinski definition) is 4. The summed E-state index contributed by atoms with van der Waals surface area (Å²) in [4.78, 5) is 25.5. The molecule has 0 saturated heterocycles. The fourth-order valence-electron chi connectivity index (χ4n) is 2.38. The van der Waals surface area contributed by atoms with E-state index in [0.717, 1.165) is 11.5 Å². The molecule has 0 unspecified atom stereocenters. The number of fused-ring (bicyclic) bond motifs is 1. The van der Waals surface area contributed by atoms with Crippen molar-refractivity contribution < 1.29 is 18.3 Å². The standard InChI is InChI=1S/C17H14N2O5S/c20-16-13(8-11-4-1-2-7-15(11)19-16)10-18-25(23,24)14-6-3-5-12(9-14)17(21)22/h1-9,18H,10H2,(H,19,20)(H,21,22). The Kier molecular flexibility index (Phi) is 4.39. The smallest absolute Gasteiger partial charge is 0.335 e. The number of aromatic carboxylic acids is 1. The maximum absolute atomic E-state index is 12.3. The summed E-state index contributed by atoms with van der Waals surface area (Å²) in [6.45, 7) is -0.209. The lowest BCUT2D eigenvalue weighted by atomic mass is 10.1. The molecule has 0 aliphatic heterocycles. The van der Waals surface area contributed by atoms with Gasteiger partial charge in [0.25, 0.3) is 5.56 Å². The first-order chi connectivity index (χ1) is 11.9. The molecule has 25 heavy (non-hydrogen) atoms. The summed E-state index contributed by atoms with van der Waals surface area (Å²) in [5, 5.41) is 9.74. The summed E-state index contributed by atoms with van der Waals surface area (Å²) in [5.74, 6) is -1.22. The van der Waals surface area contributed by atoms with E-state index in [-0.39, 0.29) is 28.1 Å². The number of pyridine rings is 1. The van der Waals surface area contributed by atoms with Gasteiger partial charge in [-0.25, -0.2) is 17.9 Å². The molecule has 0 aliphatic carbocycles. The molecule has 2 aromatic carbocycles. The molecule has 0 radical (unpaired) electrons. The Bertz CT molecular complexity index is 1120. The number of rotatable bonds is 5. The van der Waals surface area contributed by atoms with Crippen molar-refractivity contribution in [1.29, 1.82) is 0 Å². The van der Waals surface area contributed by atoms with Gasteiger partial charge in [0.05, 0.1) is 10.5 Å². The number of carbonyl (C=O) groups is 1. The van der Waals surface area contributed by atoms with Crippen molar-refractivity contribution in [3.05, 3.63) is 76.1 Å². The Morgan fingerprint density at radius 3 is 2.60 bits per heavy atom. The molecule has 3 aromatic rings. The predicted molar refractivity (Wildman–Crippen MR) is 92.0 cm³/mol. The van der Waals surface area contributed by atoms with Gasteiger partial charge in [-0.2, -0.15) is 0 Å². The van der Waals surface area contributed by atoms with Crippen LogP contribution in [0.4, 0.5) is 0 Å². The molecule has 0 spiro atoms. The lowest BCUT2D eigenvalue weighted by molar-refractivity contribution is 0.0696. The van der Waals surface area contributed by atoms with Crippen LogP contribution in [0.25, 0.3) is 10.9 Å². The number of hydrogen-bond donors (Lipinski definition) is 3. The van der Waals surface area contributed by atoms with Crippen molar-refractivity contribution >= 4 is 26.9 Å². The van der Waals surface area contributed by atoms with E-state index in [0.29, 0.717) is 5.52 Å². The fraction of sp³-hybridized carbons (Fsp3) is 0.0588. The molecule has 1 aromatic heterocycles. The largest absolute Gasteiger partial charge is 0.478 e. The molecule has 3 N–H and O–H groups in total. The first-order valence-corrected chi connectivity index (χ1v) is 8.79. The van der Waals surface area contributed by atoms with Gasteiger partial charge in [-0.15, -0.1) is 0 Å². The fourth-order valence-corrected chi connectivity index (χ4v) is 3.43. The number of carboxylic acids is 1. The molecule has 128 valence electrons. The summed E-state index contributed by atoms with van der Waals surface area (Å²) < 4.78 is 27.0. The molecule has 0 saturated carbocycles. The molecule has 8 heteroatoms. The van der Waals surface area contributed by atoms with Crippen LogP contribution in [0.2, 0.25) is 0 Å². The molecule has 1 heterocycles. The minimum absolute atomic E-state index is 0.133. The third-order valence-electron chi connectivity index (χ3n) is 3.67. The van der Waals surface area contributed by atoms with Gasteiger partial charge >= 0.3 is 5.97 Å². The van der Waals surface area contributed by atoms with Crippen LogP contribution in [0, 0.1) is 0 Å². The van der Waals surface area contributed by atoms with E-state index in [4.69, 9.17) is 5.11 Å². The topological polar surface area (TPSA) is 116 Å². The van der Waals surface area contributed by atoms with Crippen LogP contribution in [-0.4, -0.2) is 24.5 Å². The number of benzene rings is 2. The zero-order valence-electron chi connectivity index (χ0n) is 12.9. The Morgan fingerprint density at radius 1 is 1.08 bits per heavy atom. The summed E-state index contributed by atoms with van der Waals surface area (Å²) in [7, 11) is -3.95. The maximum atomic E-state index is 12.3. The summed E-state index contributed by atoms with van der Waals surface area (Å²) in [6, 6.07) is 13.8. The van der Waals surface area contributed by atoms with Gasteiger partial charge in [-0.3, -0.25) is 4.79 Å². The van der Waals surface area contributed by atoms with Crippen molar-refractivity contribution in [2.75, 3.05) is 0 Å². The minimum Gasteiger partial charge on any atom is -0.478 e. The number of sulfonamides is 1. The van der Waals surface area contributed by atoms with Crippen LogP contribution in [0.3, 0.4) is 0 Å². The van der Waals surface area contributed by atoms with E-state index in [1.165, 1.54) is 18.2 Å². The highest BCUT2D eigenvalue weighted by atomic mass is 32.2. The van der Waals surface area contributed by atoms with Crippen molar-refractivity contribution in [3.8, 4) is 0 Å². The van der Waals surface area contributed by atoms with Crippen molar-refractivity contribution in [2.24, 2.45) is 0 Å². The molecule has 0 atom stereocenters. The van der Waals surface area contributed by atoms with E-state index >= 15 is 0 Å². The lowest BCUT2D eigenvalue weighted by Gasteiger charge is -2.08. The van der Waals surface area contributed by atoms with E-state index in [1.807, 2.05) is 6.07 Å². The zero-order chi connectivity index (χ0) is 18.0. The minimum atomic E-state index is -3.95. The quantitative estimate of drug-likeness (QED) is 0.642. The summed E-state index contributed by atoms with van der Waals surface area (Å²) >= 11 is 0. The number of para-hydroxylation sites is 1. The predicted octanol–water partition coefficient (Wildman–Crippen LogP) is 1.70. The van der Waals surface area contributed by atoms with Gasteiger partial charge in [0, 0.05) is 17.6 Å². The maximum Gasteiger partial charge on any atom is 0.335 e. The van der Waals surface area contributed by atoms with E-state index in [9.17, 15) is 18.0 Å². The van der Waals surface area contributed by atoms with Gasteiger partial charge in [0.1, 0.15) is 0 Å². The van der Waals surface area contributed by atoms with Gasteiger partial charge in [0.2, 0.25) is 10.0 Å². The Labute approximate surface area is 143 Å². The van der Waals surface area contributed by atoms with Gasteiger partial charge < -0.3 is 10.1 Å². The van der Waals surface area contributed by atoms with E-state index < -0.39 is 16.0 Å². The number of carboxylic acid groups (broad SMARTS) is 1. The SMILES string of the molecule is O=C(O)c1cccc(S(=O)(=O)NCc2cc3ccccc3[nH]c2=O)c1. The van der Waals surface area contributed by atoms with Crippen LogP contribution in [-0.2, 0) is 16.6 Å². The number of H-pyrrole nitrogens is 1. The molecular weight excluding hydrogens is 344 g/mol. The van der Waals surface area contributed by atoms with Gasteiger partial charge in [-0.05, 0) is 35.7 Å². The molecule has 0 fully saturated rings. The van der Waals surface area contributed by atoms with Crippen LogP contribution >= 0.6 is 0 Å². The molecule has 7 nitrogen and oxygen atoms in total. The average molecular weight is 358 g/mol. The molecule has 0 bridgehead atoms. The monoisotopic (exact) mass is 358 g/mol. The second-order valence-corrected chi connectivity index (χ2v) is 7.14. The second-order valence-electron chi connectivity index (χ2n) is 5.37. The Hall–Kier alpha value is -2.97. The normalized spacial score (nSPS) is 11.5. The second kappa shape index (κ2) is 6.50. The highest BCUT2D eigenvalue weighted by molar-refractivity contribution is 7.89. The highest BCUT2D eigenvalue weighted by Crippen LogP contribution is 2.13. The van der Waals surface area contributed by atoms with Crippen LogP contribution in [0.15, 0.2) is 64.3 Å². The number of nitrogens with one attached hydrogen (secondary N) is 2. The average Bonchev–Trinajstić information content (AvgIpc) is 2.60. The van der Waals surface area contributed by atoms with Crippen LogP contribution in [0.1, 0.15) is 15.9 Å². The highest BCUT2D eigenvalue weighted by Gasteiger charge is 2.16. The molecule has 3 rings (SSSR count). The Balaban J connectivity index is 1.88. The van der Waals surface area contributed by atoms with E-state index in [1.54, 1.807) is 24.3 Å².